The van der Waals surface area contributed by atoms with Crippen LogP contribution in [0.15, 0.2) is 0 Å². The fourth-order valence-corrected chi connectivity index (χ4v) is 4.84. The molecule has 1 aromatic heterocycles. The molecule has 0 radical (unpaired) electrons. The predicted molar refractivity (Wildman–Crippen MR) is 83.3 cm³/mol. The molecule has 2 aliphatic carbocycles. The summed E-state index contributed by atoms with van der Waals surface area (Å²) in [4.78, 5) is 20.6. The van der Waals surface area contributed by atoms with Gasteiger partial charge in [0.1, 0.15) is 0 Å². The summed E-state index contributed by atoms with van der Waals surface area (Å²) in [5, 5.41) is 11.2. The zero-order valence-corrected chi connectivity index (χ0v) is 13.7. The summed E-state index contributed by atoms with van der Waals surface area (Å²) in [6.07, 6.45) is 6.21. The molecule has 0 bridgehead atoms. The number of amides is 1. The lowest BCUT2D eigenvalue weighted by Crippen LogP contribution is -2.39. The Balaban J connectivity index is 1.81. The van der Waals surface area contributed by atoms with E-state index >= 15 is 0 Å². The summed E-state index contributed by atoms with van der Waals surface area (Å²) in [7, 11) is 1.90. The molecule has 1 heterocycles. The summed E-state index contributed by atoms with van der Waals surface area (Å²) < 4.78 is 0. The van der Waals surface area contributed by atoms with Gasteiger partial charge in [-0.25, -0.2) is 4.98 Å². The van der Waals surface area contributed by atoms with Crippen LogP contribution in [0.25, 0.3) is 0 Å². The highest BCUT2D eigenvalue weighted by Crippen LogP contribution is 2.39. The SMILES string of the molecule is CCc1nc2c(s1)C(N(C)C(=O)C1CCCC1O)CCC2. The fourth-order valence-electron chi connectivity index (χ4n) is 3.61. The van der Waals surface area contributed by atoms with Crippen LogP contribution in [0.5, 0.6) is 0 Å². The van der Waals surface area contributed by atoms with Crippen LogP contribution >= 0.6 is 11.3 Å². The minimum absolute atomic E-state index is 0.115. The van der Waals surface area contributed by atoms with E-state index in [1.165, 1.54) is 15.6 Å². The van der Waals surface area contributed by atoms with Gasteiger partial charge in [0.2, 0.25) is 5.91 Å². The number of hydrogen-bond donors (Lipinski definition) is 1. The van der Waals surface area contributed by atoms with E-state index < -0.39 is 6.10 Å². The molecule has 1 amide bonds. The van der Waals surface area contributed by atoms with Crippen LogP contribution in [0.4, 0.5) is 0 Å². The van der Waals surface area contributed by atoms with Gasteiger partial charge >= 0.3 is 0 Å². The Hall–Kier alpha value is -0.940. The molecule has 0 spiro atoms. The number of nitrogens with zero attached hydrogens (tertiary/aromatic N) is 2. The van der Waals surface area contributed by atoms with Crippen molar-refractivity contribution >= 4 is 17.2 Å². The van der Waals surface area contributed by atoms with E-state index in [0.29, 0.717) is 0 Å². The van der Waals surface area contributed by atoms with Gasteiger partial charge in [0.05, 0.1) is 33.6 Å². The predicted octanol–water partition coefficient (Wildman–Crippen LogP) is 2.70. The quantitative estimate of drug-likeness (QED) is 0.934. The molecule has 21 heavy (non-hydrogen) atoms. The van der Waals surface area contributed by atoms with Crippen molar-refractivity contribution in [2.45, 2.75) is 64.0 Å². The third-order valence-corrected chi connectivity index (χ3v) is 6.22. The Morgan fingerprint density at radius 2 is 2.19 bits per heavy atom. The summed E-state index contributed by atoms with van der Waals surface area (Å²) >= 11 is 1.77. The van der Waals surface area contributed by atoms with Crippen LogP contribution < -0.4 is 0 Å². The Labute approximate surface area is 130 Å². The highest BCUT2D eigenvalue weighted by Gasteiger charge is 2.37. The lowest BCUT2D eigenvalue weighted by atomic mass is 9.95. The van der Waals surface area contributed by atoms with Crippen LogP contribution in [0.2, 0.25) is 0 Å². The molecule has 0 aliphatic heterocycles. The Kier molecular flexibility index (Phi) is 4.31. The first-order chi connectivity index (χ1) is 10.1. The van der Waals surface area contributed by atoms with E-state index in [2.05, 4.69) is 6.92 Å². The second-order valence-corrected chi connectivity index (χ2v) is 7.35. The highest BCUT2D eigenvalue weighted by atomic mass is 32.1. The number of hydrogen-bond acceptors (Lipinski definition) is 4. The zero-order chi connectivity index (χ0) is 15.0. The minimum atomic E-state index is -0.448. The van der Waals surface area contributed by atoms with Crippen molar-refractivity contribution in [1.82, 2.24) is 9.88 Å². The number of aliphatic hydroxyl groups excluding tert-OH is 1. The average molecular weight is 308 g/mol. The minimum Gasteiger partial charge on any atom is -0.392 e. The first-order valence-electron chi connectivity index (χ1n) is 8.05. The molecule has 0 aromatic carbocycles. The van der Waals surface area contributed by atoms with Gasteiger partial charge in [-0.3, -0.25) is 4.79 Å². The van der Waals surface area contributed by atoms with Crippen LogP contribution in [0.3, 0.4) is 0 Å². The van der Waals surface area contributed by atoms with Gasteiger partial charge in [-0.15, -0.1) is 11.3 Å². The molecule has 2 aliphatic rings. The third-order valence-electron chi connectivity index (χ3n) is 4.88. The number of aliphatic hydroxyl groups is 1. The van der Waals surface area contributed by atoms with Gasteiger partial charge < -0.3 is 10.0 Å². The number of aromatic nitrogens is 1. The van der Waals surface area contributed by atoms with Crippen molar-refractivity contribution in [2.24, 2.45) is 5.92 Å². The maximum atomic E-state index is 12.7. The molecule has 116 valence electrons. The molecule has 0 saturated heterocycles. The average Bonchev–Trinajstić information content (AvgIpc) is 3.10. The second-order valence-electron chi connectivity index (χ2n) is 6.23. The van der Waals surface area contributed by atoms with E-state index in [0.717, 1.165) is 44.9 Å². The van der Waals surface area contributed by atoms with Crippen LogP contribution in [0, 0.1) is 5.92 Å². The Morgan fingerprint density at radius 1 is 1.38 bits per heavy atom. The van der Waals surface area contributed by atoms with Gasteiger partial charge in [0, 0.05) is 7.05 Å². The first kappa shape index (κ1) is 15.0. The summed E-state index contributed by atoms with van der Waals surface area (Å²) in [5.74, 6) is -0.0803. The molecule has 4 nitrogen and oxygen atoms in total. The normalized spacial score (nSPS) is 28.4. The lowest BCUT2D eigenvalue weighted by Gasteiger charge is -2.33. The number of carbonyl (C=O) groups is 1. The van der Waals surface area contributed by atoms with Crippen molar-refractivity contribution < 1.29 is 9.90 Å². The summed E-state index contributed by atoms with van der Waals surface area (Å²) in [6, 6.07) is 0.159. The molecule has 1 aromatic rings. The number of thiazole rings is 1. The molecular formula is C16H24N2O2S. The van der Waals surface area contributed by atoms with Gasteiger partial charge in [-0.1, -0.05) is 6.92 Å². The molecule has 3 unspecified atom stereocenters. The van der Waals surface area contributed by atoms with Gasteiger partial charge in [-0.05, 0) is 44.9 Å². The summed E-state index contributed by atoms with van der Waals surface area (Å²) in [5.41, 5.74) is 1.19. The maximum absolute atomic E-state index is 12.7. The number of rotatable bonds is 3. The van der Waals surface area contributed by atoms with Crippen LogP contribution in [-0.2, 0) is 17.6 Å². The standard InChI is InChI=1S/C16H24N2O2S/c1-3-14-17-11-7-5-8-12(15(11)21-14)18(2)16(20)10-6-4-9-13(10)19/h10,12-13,19H,3-9H2,1-2H3. The summed E-state index contributed by atoms with van der Waals surface area (Å²) in [6.45, 7) is 2.13. The smallest absolute Gasteiger partial charge is 0.228 e. The van der Waals surface area contributed by atoms with Crippen LogP contribution in [-0.4, -0.2) is 34.0 Å². The molecule has 1 N–H and O–H groups in total. The van der Waals surface area contributed by atoms with Crippen molar-refractivity contribution in [1.29, 1.82) is 0 Å². The molecule has 1 fully saturated rings. The highest BCUT2D eigenvalue weighted by molar-refractivity contribution is 7.11. The topological polar surface area (TPSA) is 53.4 Å². The maximum Gasteiger partial charge on any atom is 0.228 e. The van der Waals surface area contributed by atoms with Gasteiger partial charge in [-0.2, -0.15) is 0 Å². The van der Waals surface area contributed by atoms with Crippen molar-refractivity contribution in [3.05, 3.63) is 15.6 Å². The number of carbonyl (C=O) groups excluding carboxylic acids is 1. The Bertz CT molecular complexity index is 528. The van der Waals surface area contributed by atoms with Crippen molar-refractivity contribution in [3.8, 4) is 0 Å². The van der Waals surface area contributed by atoms with Crippen molar-refractivity contribution in [2.75, 3.05) is 7.05 Å². The van der Waals surface area contributed by atoms with Crippen LogP contribution in [0.1, 0.15) is 60.6 Å². The largest absolute Gasteiger partial charge is 0.392 e. The second kappa shape index (κ2) is 6.05. The van der Waals surface area contributed by atoms with E-state index in [-0.39, 0.29) is 17.9 Å². The van der Waals surface area contributed by atoms with E-state index in [4.69, 9.17) is 4.98 Å². The monoisotopic (exact) mass is 308 g/mol. The molecule has 3 rings (SSSR count). The lowest BCUT2D eigenvalue weighted by molar-refractivity contribution is -0.139. The zero-order valence-electron chi connectivity index (χ0n) is 12.8. The molecule has 5 heteroatoms. The van der Waals surface area contributed by atoms with E-state index in [1.54, 1.807) is 11.3 Å². The fraction of sp³-hybridized carbons (Fsp3) is 0.750. The number of fused-ring (bicyclic) bond motifs is 1. The third kappa shape index (κ3) is 2.73. The molecule has 3 atom stereocenters. The van der Waals surface area contributed by atoms with Gasteiger partial charge in [0.25, 0.3) is 0 Å². The first-order valence-corrected chi connectivity index (χ1v) is 8.86. The van der Waals surface area contributed by atoms with Crippen molar-refractivity contribution in [3.63, 3.8) is 0 Å². The molecular weight excluding hydrogens is 284 g/mol. The Morgan fingerprint density at radius 3 is 2.86 bits per heavy atom. The van der Waals surface area contributed by atoms with Gasteiger partial charge in [0.15, 0.2) is 0 Å². The number of aryl methyl sites for hydroxylation is 2. The van der Waals surface area contributed by atoms with E-state index in [1.807, 2.05) is 11.9 Å². The van der Waals surface area contributed by atoms with E-state index in [9.17, 15) is 9.90 Å². The molecule has 1 saturated carbocycles.